The Hall–Kier alpha value is -2.38. The Morgan fingerprint density at radius 1 is 1.09 bits per heavy atom. The number of rotatable bonds is 6. The van der Waals surface area contributed by atoms with Crippen molar-refractivity contribution in [2.24, 2.45) is 0 Å². The molecule has 22 heavy (non-hydrogen) atoms. The molecular weight excluding hydrogens is 304 g/mol. The minimum Gasteiger partial charge on any atom is -0.447 e. The second kappa shape index (κ2) is 8.16. The first-order chi connectivity index (χ1) is 10.7. The van der Waals surface area contributed by atoms with Gasteiger partial charge in [0, 0.05) is 18.5 Å². The number of carbonyl (C=O) groups is 2. The number of methoxy groups -OCH3 is 1. The number of amides is 2. The summed E-state index contributed by atoms with van der Waals surface area (Å²) < 4.78 is 9.69. The molecule has 1 heterocycles. The van der Waals surface area contributed by atoms with Crippen LogP contribution in [-0.2, 0) is 9.47 Å². The van der Waals surface area contributed by atoms with Gasteiger partial charge in [-0.2, -0.15) is 0 Å². The Morgan fingerprint density at radius 3 is 2.55 bits per heavy atom. The average Bonchev–Trinajstić information content (AvgIpc) is 3.02. The number of ether oxygens (including phenoxy) is 2. The number of nitrogens with one attached hydrogen (secondary N) is 2. The second-order valence-corrected chi connectivity index (χ2v) is 5.21. The highest BCUT2D eigenvalue weighted by Crippen LogP contribution is 2.17. The van der Waals surface area contributed by atoms with Gasteiger partial charge in [0.15, 0.2) is 0 Å². The summed E-state index contributed by atoms with van der Waals surface area (Å²) in [5, 5.41) is 7.19. The van der Waals surface area contributed by atoms with Crippen molar-refractivity contribution in [3.8, 4) is 0 Å². The molecule has 2 rings (SSSR count). The molecule has 2 aromatic rings. The monoisotopic (exact) mass is 320 g/mol. The predicted octanol–water partition coefficient (Wildman–Crippen LogP) is 3.20. The Morgan fingerprint density at radius 2 is 1.86 bits per heavy atom. The highest BCUT2D eigenvalue weighted by molar-refractivity contribution is 7.12. The van der Waals surface area contributed by atoms with Gasteiger partial charge in [-0.15, -0.1) is 11.3 Å². The zero-order chi connectivity index (χ0) is 15.8. The molecule has 6 nitrogen and oxygen atoms in total. The van der Waals surface area contributed by atoms with Crippen LogP contribution in [0.15, 0.2) is 41.8 Å². The molecule has 0 aliphatic carbocycles. The molecular formula is C15H16N2O4S. The quantitative estimate of drug-likeness (QED) is 0.801. The smallest absolute Gasteiger partial charge is 0.411 e. The second-order valence-electron chi connectivity index (χ2n) is 4.27. The van der Waals surface area contributed by atoms with Crippen LogP contribution in [0.25, 0.3) is 0 Å². The fraction of sp³-hybridized carbons (Fsp3) is 0.200. The third kappa shape index (κ3) is 4.87. The minimum absolute atomic E-state index is 0.178. The Balaban J connectivity index is 1.92. The van der Waals surface area contributed by atoms with Crippen LogP contribution in [0.3, 0.4) is 0 Å². The molecule has 0 fully saturated rings. The van der Waals surface area contributed by atoms with Gasteiger partial charge in [0.2, 0.25) is 0 Å². The zero-order valence-electron chi connectivity index (χ0n) is 12.0. The van der Waals surface area contributed by atoms with E-state index in [1.807, 2.05) is 11.4 Å². The van der Waals surface area contributed by atoms with Crippen molar-refractivity contribution in [1.29, 1.82) is 0 Å². The lowest BCUT2D eigenvalue weighted by atomic mass is 10.2. The van der Waals surface area contributed by atoms with E-state index in [1.165, 1.54) is 18.4 Å². The number of benzene rings is 1. The van der Waals surface area contributed by atoms with Crippen LogP contribution in [0, 0.1) is 0 Å². The van der Waals surface area contributed by atoms with Gasteiger partial charge >= 0.3 is 6.09 Å². The molecule has 0 bridgehead atoms. The fourth-order valence-corrected chi connectivity index (χ4v) is 2.27. The van der Waals surface area contributed by atoms with Crippen molar-refractivity contribution < 1.29 is 19.1 Å². The molecule has 1 aromatic carbocycles. The number of hydrogen-bond acceptors (Lipinski definition) is 5. The third-order valence-electron chi connectivity index (χ3n) is 2.63. The molecule has 2 amide bonds. The summed E-state index contributed by atoms with van der Waals surface area (Å²) in [5.41, 5.74) is 1.12. The van der Waals surface area contributed by atoms with Crippen molar-refractivity contribution in [2.75, 3.05) is 31.0 Å². The Bertz CT molecular complexity index is 628. The first kappa shape index (κ1) is 16.0. The average molecular weight is 320 g/mol. The summed E-state index contributed by atoms with van der Waals surface area (Å²) in [5.74, 6) is -0.185. The van der Waals surface area contributed by atoms with E-state index in [4.69, 9.17) is 9.47 Å². The van der Waals surface area contributed by atoms with Crippen LogP contribution in [0.2, 0.25) is 0 Å². The summed E-state index contributed by atoms with van der Waals surface area (Å²) in [6.07, 6.45) is -0.571. The molecule has 0 spiro atoms. The van der Waals surface area contributed by atoms with E-state index in [0.29, 0.717) is 22.9 Å². The van der Waals surface area contributed by atoms with Crippen LogP contribution in [0.4, 0.5) is 16.2 Å². The molecule has 7 heteroatoms. The first-order valence-electron chi connectivity index (χ1n) is 6.56. The predicted molar refractivity (Wildman–Crippen MR) is 85.6 cm³/mol. The SMILES string of the molecule is COCCOC(=O)Nc1cccc(NC(=O)c2cccs2)c1. The van der Waals surface area contributed by atoms with Crippen molar-refractivity contribution in [3.63, 3.8) is 0 Å². The Kier molecular flexibility index (Phi) is 5.93. The van der Waals surface area contributed by atoms with E-state index in [2.05, 4.69) is 10.6 Å². The van der Waals surface area contributed by atoms with Gasteiger partial charge in [-0.25, -0.2) is 4.79 Å². The summed E-state index contributed by atoms with van der Waals surface area (Å²) in [6, 6.07) is 10.4. The van der Waals surface area contributed by atoms with E-state index in [-0.39, 0.29) is 12.5 Å². The van der Waals surface area contributed by atoms with Crippen LogP contribution in [0.5, 0.6) is 0 Å². The molecule has 0 saturated heterocycles. The topological polar surface area (TPSA) is 76.7 Å². The van der Waals surface area contributed by atoms with E-state index >= 15 is 0 Å². The summed E-state index contributed by atoms with van der Waals surface area (Å²) >= 11 is 1.36. The summed E-state index contributed by atoms with van der Waals surface area (Å²) in [4.78, 5) is 24.1. The fourth-order valence-electron chi connectivity index (χ4n) is 1.65. The molecule has 0 saturated carbocycles. The van der Waals surface area contributed by atoms with Crippen molar-refractivity contribution >= 4 is 34.7 Å². The normalized spacial score (nSPS) is 10.0. The summed E-state index contributed by atoms with van der Waals surface area (Å²) in [6.45, 7) is 0.515. The molecule has 116 valence electrons. The highest BCUT2D eigenvalue weighted by Gasteiger charge is 2.08. The van der Waals surface area contributed by atoms with Crippen LogP contribution >= 0.6 is 11.3 Å². The Labute approximate surface area is 132 Å². The van der Waals surface area contributed by atoms with Gasteiger partial charge in [-0.1, -0.05) is 12.1 Å². The molecule has 0 radical (unpaired) electrons. The van der Waals surface area contributed by atoms with Gasteiger partial charge in [0.1, 0.15) is 6.61 Å². The van der Waals surface area contributed by atoms with Gasteiger partial charge in [-0.05, 0) is 29.6 Å². The van der Waals surface area contributed by atoms with Gasteiger partial charge < -0.3 is 14.8 Å². The van der Waals surface area contributed by atoms with Crippen molar-refractivity contribution in [1.82, 2.24) is 0 Å². The zero-order valence-corrected chi connectivity index (χ0v) is 12.8. The largest absolute Gasteiger partial charge is 0.447 e. The number of hydrogen-bond donors (Lipinski definition) is 2. The lowest BCUT2D eigenvalue weighted by Crippen LogP contribution is -2.16. The molecule has 0 aliphatic heterocycles. The highest BCUT2D eigenvalue weighted by atomic mass is 32.1. The number of carbonyl (C=O) groups excluding carboxylic acids is 2. The van der Waals surface area contributed by atoms with E-state index < -0.39 is 6.09 Å². The van der Waals surface area contributed by atoms with Gasteiger partial charge in [-0.3, -0.25) is 10.1 Å². The maximum absolute atomic E-state index is 12.0. The molecule has 2 N–H and O–H groups in total. The minimum atomic E-state index is -0.571. The third-order valence-corrected chi connectivity index (χ3v) is 3.50. The van der Waals surface area contributed by atoms with Gasteiger partial charge in [0.05, 0.1) is 11.5 Å². The van der Waals surface area contributed by atoms with Crippen molar-refractivity contribution in [3.05, 3.63) is 46.7 Å². The van der Waals surface area contributed by atoms with Crippen molar-refractivity contribution in [2.45, 2.75) is 0 Å². The van der Waals surface area contributed by atoms with Crippen LogP contribution in [0.1, 0.15) is 9.67 Å². The maximum atomic E-state index is 12.0. The lowest BCUT2D eigenvalue weighted by molar-refractivity contribution is 0.103. The summed E-state index contributed by atoms with van der Waals surface area (Å²) in [7, 11) is 1.53. The van der Waals surface area contributed by atoms with E-state index in [9.17, 15) is 9.59 Å². The number of thiophene rings is 1. The molecule has 0 atom stereocenters. The van der Waals surface area contributed by atoms with Gasteiger partial charge in [0.25, 0.3) is 5.91 Å². The standard InChI is InChI=1S/C15H16N2O4S/c1-20-7-8-21-15(19)17-12-5-2-4-11(10-12)16-14(18)13-6-3-9-22-13/h2-6,9-10H,7-8H2,1H3,(H,16,18)(H,17,19). The lowest BCUT2D eigenvalue weighted by Gasteiger charge is -2.09. The molecule has 1 aromatic heterocycles. The molecule has 0 unspecified atom stereocenters. The van der Waals surface area contributed by atoms with E-state index in [1.54, 1.807) is 30.3 Å². The van der Waals surface area contributed by atoms with Crippen LogP contribution in [-0.4, -0.2) is 32.3 Å². The first-order valence-corrected chi connectivity index (χ1v) is 7.44. The maximum Gasteiger partial charge on any atom is 0.411 e. The van der Waals surface area contributed by atoms with E-state index in [0.717, 1.165) is 0 Å². The molecule has 0 aliphatic rings. The number of anilines is 2. The van der Waals surface area contributed by atoms with Crippen LogP contribution < -0.4 is 10.6 Å².